The third-order valence-corrected chi connectivity index (χ3v) is 3.88. The average Bonchev–Trinajstić information content (AvgIpc) is 2.59. The molecule has 0 saturated carbocycles. The highest BCUT2D eigenvalue weighted by Crippen LogP contribution is 2.14. The molecule has 144 valence electrons. The molecule has 1 saturated heterocycles. The van der Waals surface area contributed by atoms with Gasteiger partial charge in [-0.2, -0.15) is 0 Å². The number of guanidine groups is 1. The van der Waals surface area contributed by atoms with Crippen LogP contribution in [0.4, 0.5) is 0 Å². The van der Waals surface area contributed by atoms with E-state index in [2.05, 4.69) is 22.2 Å². The molecule has 0 aromatic heterocycles. The Morgan fingerprint density at radius 3 is 2.68 bits per heavy atom. The fourth-order valence-electron chi connectivity index (χ4n) is 2.24. The maximum atomic E-state index is 11.7. The van der Waals surface area contributed by atoms with Crippen molar-refractivity contribution in [3.05, 3.63) is 12.2 Å². The van der Waals surface area contributed by atoms with Crippen LogP contribution >= 0.6 is 0 Å². The predicted octanol–water partition coefficient (Wildman–Crippen LogP) is 1.02. The number of ether oxygens (including phenoxy) is 2. The summed E-state index contributed by atoms with van der Waals surface area (Å²) < 4.78 is 11.1. The van der Waals surface area contributed by atoms with Gasteiger partial charge >= 0.3 is 0 Å². The zero-order chi connectivity index (χ0) is 18.5. The van der Waals surface area contributed by atoms with Crippen molar-refractivity contribution in [1.82, 2.24) is 15.5 Å². The van der Waals surface area contributed by atoms with Crippen LogP contribution in [-0.4, -0.2) is 76.9 Å². The smallest absolute Gasteiger partial charge is 0.243 e. The molecule has 1 aliphatic rings. The van der Waals surface area contributed by atoms with E-state index in [1.54, 1.807) is 14.1 Å². The number of nitrogens with zero attached hydrogens (tertiary/aromatic N) is 2. The quantitative estimate of drug-likeness (QED) is 0.265. The molecule has 7 heteroatoms. The molecule has 0 aliphatic carbocycles. The van der Waals surface area contributed by atoms with Crippen molar-refractivity contribution in [2.45, 2.75) is 26.2 Å². The molecule has 7 nitrogen and oxygen atoms in total. The lowest BCUT2D eigenvalue weighted by Gasteiger charge is -2.21. The second-order valence-corrected chi connectivity index (χ2v) is 6.67. The Balaban J connectivity index is 2.22. The fourth-order valence-corrected chi connectivity index (χ4v) is 2.24. The summed E-state index contributed by atoms with van der Waals surface area (Å²) in [5.41, 5.74) is 1.01. The van der Waals surface area contributed by atoms with E-state index < -0.39 is 0 Å². The minimum Gasteiger partial charge on any atom is -0.381 e. The van der Waals surface area contributed by atoms with Crippen molar-refractivity contribution < 1.29 is 14.3 Å². The third-order valence-electron chi connectivity index (χ3n) is 3.88. The van der Waals surface area contributed by atoms with Gasteiger partial charge in [0.05, 0.1) is 0 Å². The van der Waals surface area contributed by atoms with E-state index >= 15 is 0 Å². The molecule has 1 aliphatic heterocycles. The van der Waals surface area contributed by atoms with Crippen LogP contribution in [-0.2, 0) is 14.3 Å². The monoisotopic (exact) mass is 354 g/mol. The van der Waals surface area contributed by atoms with Crippen molar-refractivity contribution in [2.75, 3.05) is 60.2 Å². The molecule has 0 unspecified atom stereocenters. The number of carbonyl (C=O) groups excluding carboxylic acids is 1. The number of likely N-dealkylation sites (N-methyl/N-ethyl adjacent to an activating group) is 1. The van der Waals surface area contributed by atoms with Gasteiger partial charge in [-0.1, -0.05) is 12.2 Å². The summed E-state index contributed by atoms with van der Waals surface area (Å²) in [6, 6.07) is 0. The number of hydrogen-bond acceptors (Lipinski definition) is 4. The topological polar surface area (TPSA) is 75.2 Å². The second-order valence-electron chi connectivity index (χ2n) is 6.67. The predicted molar refractivity (Wildman–Crippen MR) is 101 cm³/mol. The average molecular weight is 354 g/mol. The van der Waals surface area contributed by atoms with Crippen LogP contribution in [0.25, 0.3) is 0 Å². The van der Waals surface area contributed by atoms with Gasteiger partial charge in [0.1, 0.15) is 6.54 Å². The molecule has 0 bridgehead atoms. The van der Waals surface area contributed by atoms with Gasteiger partial charge in [0.15, 0.2) is 5.96 Å². The third kappa shape index (κ3) is 10.8. The Bertz CT molecular complexity index is 432. The van der Waals surface area contributed by atoms with Crippen LogP contribution in [0, 0.1) is 5.92 Å². The molecule has 1 amide bonds. The van der Waals surface area contributed by atoms with E-state index in [0.29, 0.717) is 18.4 Å². The Morgan fingerprint density at radius 2 is 2.04 bits per heavy atom. The largest absolute Gasteiger partial charge is 0.381 e. The van der Waals surface area contributed by atoms with E-state index in [1.807, 2.05) is 6.92 Å². The molecule has 1 heterocycles. The van der Waals surface area contributed by atoms with Crippen molar-refractivity contribution in [3.63, 3.8) is 0 Å². The highest BCUT2D eigenvalue weighted by atomic mass is 16.5. The van der Waals surface area contributed by atoms with E-state index in [9.17, 15) is 4.79 Å². The van der Waals surface area contributed by atoms with Crippen LogP contribution in [0.5, 0.6) is 0 Å². The standard InChI is InChI=1S/C18H34N4O3/c1-15(2)12-20-18(21-13-17(23)22(3)4)19-8-5-9-25-14-16-6-10-24-11-7-16/h16H,1,5-14H2,2-4H3,(H2,19,20,21). The highest BCUT2D eigenvalue weighted by Gasteiger charge is 2.13. The van der Waals surface area contributed by atoms with Crippen LogP contribution in [0.15, 0.2) is 17.1 Å². The van der Waals surface area contributed by atoms with E-state index in [0.717, 1.165) is 57.8 Å². The van der Waals surface area contributed by atoms with Gasteiger partial charge in [0, 0.05) is 53.6 Å². The molecule has 25 heavy (non-hydrogen) atoms. The van der Waals surface area contributed by atoms with Gasteiger partial charge in [0.25, 0.3) is 0 Å². The fraction of sp³-hybridized carbons (Fsp3) is 0.778. The minimum absolute atomic E-state index is 0.0313. The Kier molecular flexibility index (Phi) is 10.9. The lowest BCUT2D eigenvalue weighted by molar-refractivity contribution is -0.127. The summed E-state index contributed by atoms with van der Waals surface area (Å²) in [5.74, 6) is 1.23. The first-order valence-corrected chi connectivity index (χ1v) is 9.01. The number of nitrogens with one attached hydrogen (secondary N) is 2. The van der Waals surface area contributed by atoms with Crippen molar-refractivity contribution in [3.8, 4) is 0 Å². The molecule has 0 atom stereocenters. The van der Waals surface area contributed by atoms with E-state index in [1.165, 1.54) is 4.90 Å². The van der Waals surface area contributed by atoms with Gasteiger partial charge in [-0.25, -0.2) is 4.99 Å². The Morgan fingerprint density at radius 1 is 1.32 bits per heavy atom. The second kappa shape index (κ2) is 12.7. The molecular formula is C18H34N4O3. The zero-order valence-corrected chi connectivity index (χ0v) is 16.0. The normalized spacial score (nSPS) is 15.7. The number of aliphatic imine (C=N–C) groups is 1. The summed E-state index contributed by atoms with van der Waals surface area (Å²) in [6.07, 6.45) is 3.08. The number of carbonyl (C=O) groups is 1. The number of rotatable bonds is 10. The molecule has 0 spiro atoms. The first-order valence-electron chi connectivity index (χ1n) is 9.01. The molecule has 0 aromatic carbocycles. The SMILES string of the molecule is C=C(C)CNC(=NCC(=O)N(C)C)NCCCOCC1CCOCC1. The van der Waals surface area contributed by atoms with Crippen LogP contribution in [0.3, 0.4) is 0 Å². The van der Waals surface area contributed by atoms with Crippen LogP contribution in [0.1, 0.15) is 26.2 Å². The first-order chi connectivity index (χ1) is 12.0. The molecule has 1 rings (SSSR count). The van der Waals surface area contributed by atoms with E-state index in [4.69, 9.17) is 9.47 Å². The number of amides is 1. The lowest BCUT2D eigenvalue weighted by atomic mass is 10.0. The summed E-state index contributed by atoms with van der Waals surface area (Å²) in [4.78, 5) is 17.5. The zero-order valence-electron chi connectivity index (χ0n) is 16.0. The maximum absolute atomic E-state index is 11.7. The van der Waals surface area contributed by atoms with E-state index in [-0.39, 0.29) is 12.5 Å². The van der Waals surface area contributed by atoms with Gasteiger partial charge in [-0.05, 0) is 32.1 Å². The minimum atomic E-state index is -0.0313. The summed E-state index contributed by atoms with van der Waals surface area (Å²) >= 11 is 0. The molecule has 2 N–H and O–H groups in total. The molecule has 0 aromatic rings. The molecule has 1 fully saturated rings. The van der Waals surface area contributed by atoms with Gasteiger partial charge < -0.3 is 25.0 Å². The lowest BCUT2D eigenvalue weighted by Crippen LogP contribution is -2.40. The van der Waals surface area contributed by atoms with Gasteiger partial charge in [-0.3, -0.25) is 4.79 Å². The van der Waals surface area contributed by atoms with Crippen LogP contribution < -0.4 is 10.6 Å². The van der Waals surface area contributed by atoms with Crippen molar-refractivity contribution in [1.29, 1.82) is 0 Å². The summed E-state index contributed by atoms with van der Waals surface area (Å²) in [7, 11) is 3.45. The maximum Gasteiger partial charge on any atom is 0.243 e. The molecule has 0 radical (unpaired) electrons. The summed E-state index contributed by atoms with van der Waals surface area (Å²) in [5, 5.41) is 6.40. The van der Waals surface area contributed by atoms with Gasteiger partial charge in [-0.15, -0.1) is 0 Å². The number of hydrogen-bond donors (Lipinski definition) is 2. The molecular weight excluding hydrogens is 320 g/mol. The van der Waals surface area contributed by atoms with Gasteiger partial charge in [0.2, 0.25) is 5.91 Å². The van der Waals surface area contributed by atoms with Crippen molar-refractivity contribution >= 4 is 11.9 Å². The highest BCUT2D eigenvalue weighted by molar-refractivity contribution is 5.84. The Hall–Kier alpha value is -1.60. The van der Waals surface area contributed by atoms with Crippen LogP contribution in [0.2, 0.25) is 0 Å². The Labute approximate surface area is 151 Å². The van der Waals surface area contributed by atoms with Crippen molar-refractivity contribution in [2.24, 2.45) is 10.9 Å². The first kappa shape index (κ1) is 21.4. The summed E-state index contributed by atoms with van der Waals surface area (Å²) in [6.45, 7) is 10.5.